The van der Waals surface area contributed by atoms with Crippen molar-refractivity contribution in [1.82, 2.24) is 4.31 Å². The minimum Gasteiger partial charge on any atom is -0.497 e. The molecule has 0 spiro atoms. The SMILES string of the molecule is COc1ccc(NC(=O)c2ccccc2NC(=O)c2ccc(C)c(S(=O)(=O)N3CCCCC3)c2)cc1. The molecule has 1 fully saturated rings. The first kappa shape index (κ1) is 25.4. The van der Waals surface area contributed by atoms with Crippen molar-refractivity contribution in [3.05, 3.63) is 83.4 Å². The number of aryl methyl sites for hydroxylation is 1. The molecule has 4 rings (SSSR count). The molecule has 0 atom stereocenters. The van der Waals surface area contributed by atoms with Gasteiger partial charge in [-0.25, -0.2) is 8.42 Å². The Balaban J connectivity index is 1.55. The van der Waals surface area contributed by atoms with E-state index >= 15 is 0 Å². The Bertz CT molecular complexity index is 1360. The third kappa shape index (κ3) is 5.58. The smallest absolute Gasteiger partial charge is 0.257 e. The fourth-order valence-electron chi connectivity index (χ4n) is 4.12. The molecule has 3 aromatic rings. The first-order valence-corrected chi connectivity index (χ1v) is 13.2. The van der Waals surface area contributed by atoms with Crippen molar-refractivity contribution in [2.45, 2.75) is 31.1 Å². The molecule has 8 nitrogen and oxygen atoms in total. The normalized spacial score (nSPS) is 14.2. The van der Waals surface area contributed by atoms with Crippen LogP contribution in [0, 0.1) is 6.92 Å². The van der Waals surface area contributed by atoms with Crippen LogP contribution in [-0.2, 0) is 10.0 Å². The van der Waals surface area contributed by atoms with Crippen molar-refractivity contribution in [2.75, 3.05) is 30.8 Å². The number of nitrogens with zero attached hydrogens (tertiary/aromatic N) is 1. The Labute approximate surface area is 211 Å². The minimum absolute atomic E-state index is 0.127. The fraction of sp³-hybridized carbons (Fsp3) is 0.259. The van der Waals surface area contributed by atoms with Crippen LogP contribution in [0.3, 0.4) is 0 Å². The summed E-state index contributed by atoms with van der Waals surface area (Å²) in [6.07, 6.45) is 2.67. The Morgan fingerprint density at radius 1 is 0.861 bits per heavy atom. The molecule has 0 bridgehead atoms. The van der Waals surface area contributed by atoms with E-state index in [1.807, 2.05) is 0 Å². The molecule has 0 saturated carbocycles. The van der Waals surface area contributed by atoms with Gasteiger partial charge in [0.05, 0.1) is 23.3 Å². The molecule has 0 aromatic heterocycles. The van der Waals surface area contributed by atoms with Gasteiger partial charge < -0.3 is 15.4 Å². The van der Waals surface area contributed by atoms with Gasteiger partial charge in [-0.3, -0.25) is 9.59 Å². The van der Waals surface area contributed by atoms with E-state index in [9.17, 15) is 18.0 Å². The van der Waals surface area contributed by atoms with Crippen LogP contribution in [-0.4, -0.2) is 44.7 Å². The molecule has 1 heterocycles. The summed E-state index contributed by atoms with van der Waals surface area (Å²) in [7, 11) is -2.14. The van der Waals surface area contributed by atoms with E-state index < -0.39 is 21.8 Å². The lowest BCUT2D eigenvalue weighted by atomic mass is 10.1. The Hall–Kier alpha value is -3.69. The zero-order valence-corrected chi connectivity index (χ0v) is 21.1. The monoisotopic (exact) mass is 507 g/mol. The first-order valence-electron chi connectivity index (χ1n) is 11.8. The Morgan fingerprint density at radius 3 is 2.25 bits per heavy atom. The average molecular weight is 508 g/mol. The average Bonchev–Trinajstić information content (AvgIpc) is 2.90. The number of ether oxygens (including phenoxy) is 1. The van der Waals surface area contributed by atoms with Gasteiger partial charge in [0, 0.05) is 24.3 Å². The third-order valence-corrected chi connectivity index (χ3v) is 8.19. The second-order valence-corrected chi connectivity index (χ2v) is 10.5. The van der Waals surface area contributed by atoms with Crippen molar-refractivity contribution in [3.8, 4) is 5.75 Å². The zero-order chi connectivity index (χ0) is 25.7. The predicted molar refractivity (Wildman–Crippen MR) is 139 cm³/mol. The van der Waals surface area contributed by atoms with Gasteiger partial charge in [-0.05, 0) is 73.9 Å². The molecule has 0 unspecified atom stereocenters. The van der Waals surface area contributed by atoms with Crippen molar-refractivity contribution in [3.63, 3.8) is 0 Å². The fourth-order valence-corrected chi connectivity index (χ4v) is 5.89. The number of hydrogen-bond donors (Lipinski definition) is 2. The van der Waals surface area contributed by atoms with Gasteiger partial charge in [-0.2, -0.15) is 4.31 Å². The van der Waals surface area contributed by atoms with Crippen molar-refractivity contribution in [2.24, 2.45) is 0 Å². The summed E-state index contributed by atoms with van der Waals surface area (Å²) >= 11 is 0. The highest BCUT2D eigenvalue weighted by molar-refractivity contribution is 7.89. The van der Waals surface area contributed by atoms with E-state index in [1.54, 1.807) is 74.7 Å². The van der Waals surface area contributed by atoms with Crippen molar-refractivity contribution >= 4 is 33.2 Å². The van der Waals surface area contributed by atoms with Crippen LogP contribution in [0.25, 0.3) is 0 Å². The topological polar surface area (TPSA) is 105 Å². The number of para-hydroxylation sites is 1. The van der Waals surface area contributed by atoms with Crippen LogP contribution < -0.4 is 15.4 Å². The minimum atomic E-state index is -3.70. The first-order chi connectivity index (χ1) is 17.3. The predicted octanol–water partition coefficient (Wildman–Crippen LogP) is 4.68. The lowest BCUT2D eigenvalue weighted by molar-refractivity contribution is 0.102. The highest BCUT2D eigenvalue weighted by Crippen LogP contribution is 2.25. The maximum Gasteiger partial charge on any atom is 0.257 e. The number of piperidine rings is 1. The summed E-state index contributed by atoms with van der Waals surface area (Å²) in [6, 6.07) is 18.2. The number of carbonyl (C=O) groups excluding carboxylic acids is 2. The highest BCUT2D eigenvalue weighted by atomic mass is 32.2. The van der Waals surface area contributed by atoms with Gasteiger partial charge in [-0.1, -0.05) is 24.6 Å². The van der Waals surface area contributed by atoms with Crippen LogP contribution in [0.4, 0.5) is 11.4 Å². The van der Waals surface area contributed by atoms with Gasteiger partial charge >= 0.3 is 0 Å². The van der Waals surface area contributed by atoms with Gasteiger partial charge in [0.1, 0.15) is 5.75 Å². The molecule has 9 heteroatoms. The standard InChI is InChI=1S/C27H29N3O5S/c1-19-10-11-20(18-25(19)36(33,34)30-16-6-3-7-17-30)26(31)29-24-9-5-4-8-23(24)27(32)28-21-12-14-22(35-2)15-13-21/h4-5,8-15,18H,3,6-7,16-17H2,1-2H3,(H,28,32)(H,29,31). The molecule has 0 aliphatic carbocycles. The second kappa shape index (κ2) is 10.9. The van der Waals surface area contributed by atoms with Crippen LogP contribution in [0.5, 0.6) is 5.75 Å². The summed E-state index contributed by atoms with van der Waals surface area (Å²) in [5.41, 5.74) is 1.94. The maximum atomic E-state index is 13.2. The number of benzene rings is 3. The summed E-state index contributed by atoms with van der Waals surface area (Å²) in [6.45, 7) is 2.68. The molecule has 2 amide bonds. The maximum absolute atomic E-state index is 13.2. The number of hydrogen-bond acceptors (Lipinski definition) is 5. The molecule has 3 aromatic carbocycles. The summed E-state index contributed by atoms with van der Waals surface area (Å²) in [5, 5.41) is 5.57. The molecule has 36 heavy (non-hydrogen) atoms. The van der Waals surface area contributed by atoms with E-state index in [-0.39, 0.29) is 16.0 Å². The zero-order valence-electron chi connectivity index (χ0n) is 20.3. The summed E-state index contributed by atoms with van der Waals surface area (Å²) in [4.78, 5) is 26.2. The Kier molecular flexibility index (Phi) is 7.71. The highest BCUT2D eigenvalue weighted by Gasteiger charge is 2.28. The van der Waals surface area contributed by atoms with E-state index in [0.717, 1.165) is 19.3 Å². The summed E-state index contributed by atoms with van der Waals surface area (Å²) in [5.74, 6) is -0.233. The lowest BCUT2D eigenvalue weighted by Gasteiger charge is -2.26. The summed E-state index contributed by atoms with van der Waals surface area (Å²) < 4.78 is 33.1. The quantitative estimate of drug-likeness (QED) is 0.483. The van der Waals surface area contributed by atoms with Gasteiger partial charge in [-0.15, -0.1) is 0 Å². The molecular weight excluding hydrogens is 478 g/mol. The van der Waals surface area contributed by atoms with Crippen LogP contribution >= 0.6 is 0 Å². The number of amides is 2. The molecule has 1 saturated heterocycles. The number of carbonyl (C=O) groups is 2. The second-order valence-electron chi connectivity index (χ2n) is 8.63. The molecule has 1 aliphatic heterocycles. The third-order valence-electron chi connectivity index (χ3n) is 6.15. The largest absolute Gasteiger partial charge is 0.497 e. The van der Waals surface area contributed by atoms with Gasteiger partial charge in [0.25, 0.3) is 11.8 Å². The van der Waals surface area contributed by atoms with E-state index in [4.69, 9.17) is 4.74 Å². The lowest BCUT2D eigenvalue weighted by Crippen LogP contribution is -2.36. The molecule has 1 aliphatic rings. The Morgan fingerprint density at radius 2 is 1.56 bits per heavy atom. The number of nitrogens with one attached hydrogen (secondary N) is 2. The van der Waals surface area contributed by atoms with E-state index in [1.165, 1.54) is 10.4 Å². The number of rotatable bonds is 7. The molecule has 0 radical (unpaired) electrons. The van der Waals surface area contributed by atoms with Gasteiger partial charge in [0.2, 0.25) is 10.0 Å². The molecular formula is C27H29N3O5S. The van der Waals surface area contributed by atoms with Crippen LogP contribution in [0.2, 0.25) is 0 Å². The van der Waals surface area contributed by atoms with Crippen molar-refractivity contribution < 1.29 is 22.7 Å². The van der Waals surface area contributed by atoms with Crippen molar-refractivity contribution in [1.29, 1.82) is 0 Å². The molecule has 188 valence electrons. The van der Waals surface area contributed by atoms with E-state index in [2.05, 4.69) is 10.6 Å². The van der Waals surface area contributed by atoms with Crippen LogP contribution in [0.1, 0.15) is 45.5 Å². The van der Waals surface area contributed by atoms with Crippen LogP contribution in [0.15, 0.2) is 71.6 Å². The van der Waals surface area contributed by atoms with E-state index in [0.29, 0.717) is 35.8 Å². The molecule has 2 N–H and O–H groups in total. The number of sulfonamides is 1. The number of anilines is 2. The number of methoxy groups -OCH3 is 1. The van der Waals surface area contributed by atoms with Gasteiger partial charge in [0.15, 0.2) is 0 Å².